The fourth-order valence-corrected chi connectivity index (χ4v) is 1.24. The Bertz CT molecular complexity index is 332. The monoisotopic (exact) mass is 220 g/mol. The Balaban J connectivity index is 2.44. The van der Waals surface area contributed by atoms with E-state index < -0.39 is 6.16 Å². The Morgan fingerprint density at radius 2 is 2.12 bits per heavy atom. The van der Waals surface area contributed by atoms with Crippen molar-refractivity contribution >= 4 is 6.16 Å². The van der Waals surface area contributed by atoms with Gasteiger partial charge in [-0.2, -0.15) is 0 Å². The Morgan fingerprint density at radius 1 is 1.44 bits per heavy atom. The van der Waals surface area contributed by atoms with Crippen molar-refractivity contribution in [1.29, 1.82) is 0 Å². The van der Waals surface area contributed by atoms with Gasteiger partial charge in [-0.1, -0.05) is 44.2 Å². The summed E-state index contributed by atoms with van der Waals surface area (Å²) in [6.45, 7) is 5.62. The molecule has 1 rings (SSSR count). The maximum atomic E-state index is 11.4. The Morgan fingerprint density at radius 3 is 2.69 bits per heavy atom. The fraction of sp³-hybridized carbons (Fsp3) is 0.308. The zero-order valence-corrected chi connectivity index (χ0v) is 9.39. The van der Waals surface area contributed by atoms with Crippen molar-refractivity contribution < 1.29 is 14.3 Å². The summed E-state index contributed by atoms with van der Waals surface area (Å²) < 4.78 is 10.0. The maximum Gasteiger partial charge on any atom is 0.514 e. The second-order valence-corrected chi connectivity index (χ2v) is 3.35. The predicted octanol–water partition coefficient (Wildman–Crippen LogP) is 3.56. The van der Waals surface area contributed by atoms with E-state index in [4.69, 9.17) is 9.47 Å². The van der Waals surface area contributed by atoms with E-state index in [0.29, 0.717) is 5.75 Å². The van der Waals surface area contributed by atoms with E-state index >= 15 is 0 Å². The van der Waals surface area contributed by atoms with Crippen molar-refractivity contribution in [1.82, 2.24) is 0 Å². The van der Waals surface area contributed by atoms with E-state index in [1.807, 2.05) is 13.0 Å². The fourth-order valence-electron chi connectivity index (χ4n) is 1.24. The molecule has 3 heteroatoms. The molecule has 86 valence electrons. The molecule has 1 atom stereocenters. The Hall–Kier alpha value is -1.77. The summed E-state index contributed by atoms with van der Waals surface area (Å²) in [7, 11) is 0. The van der Waals surface area contributed by atoms with Crippen LogP contribution in [0.25, 0.3) is 0 Å². The molecule has 0 aliphatic heterocycles. The van der Waals surface area contributed by atoms with Gasteiger partial charge in [0, 0.05) is 0 Å². The van der Waals surface area contributed by atoms with E-state index in [1.165, 1.54) is 0 Å². The van der Waals surface area contributed by atoms with Gasteiger partial charge in [-0.3, -0.25) is 0 Å². The molecule has 3 nitrogen and oxygen atoms in total. The second-order valence-electron chi connectivity index (χ2n) is 3.35. The van der Waals surface area contributed by atoms with Gasteiger partial charge < -0.3 is 9.47 Å². The van der Waals surface area contributed by atoms with Crippen molar-refractivity contribution in [3.8, 4) is 5.75 Å². The normalized spacial score (nSPS) is 11.6. The lowest BCUT2D eigenvalue weighted by Crippen LogP contribution is -2.18. The van der Waals surface area contributed by atoms with Crippen LogP contribution in [-0.4, -0.2) is 12.3 Å². The summed E-state index contributed by atoms with van der Waals surface area (Å²) in [6.07, 6.45) is 2.32. The van der Waals surface area contributed by atoms with Crippen molar-refractivity contribution in [2.45, 2.75) is 25.9 Å². The van der Waals surface area contributed by atoms with E-state index in [1.54, 1.807) is 30.3 Å². The van der Waals surface area contributed by atoms with Gasteiger partial charge in [-0.05, 0) is 18.6 Å². The van der Waals surface area contributed by atoms with Crippen molar-refractivity contribution in [2.75, 3.05) is 0 Å². The van der Waals surface area contributed by atoms with Crippen LogP contribution in [0.3, 0.4) is 0 Å². The van der Waals surface area contributed by atoms with Crippen LogP contribution in [0.5, 0.6) is 5.75 Å². The average Bonchev–Trinajstić information content (AvgIpc) is 2.29. The van der Waals surface area contributed by atoms with Crippen LogP contribution in [0.1, 0.15) is 19.8 Å². The van der Waals surface area contributed by atoms with Crippen molar-refractivity contribution in [2.24, 2.45) is 0 Å². The molecule has 1 aromatic rings. The number of carbonyl (C=O) groups is 1. The molecule has 0 aliphatic rings. The number of hydrogen-bond donors (Lipinski definition) is 0. The number of hydrogen-bond acceptors (Lipinski definition) is 3. The molecule has 0 bridgehead atoms. The highest BCUT2D eigenvalue weighted by atomic mass is 16.7. The van der Waals surface area contributed by atoms with Gasteiger partial charge in [0.15, 0.2) is 0 Å². The molecule has 0 aromatic heterocycles. The van der Waals surface area contributed by atoms with Crippen LogP contribution in [-0.2, 0) is 4.74 Å². The SMILES string of the molecule is C=CC(CCC)OC(=O)Oc1ccccc1. The third-order valence-corrected chi connectivity index (χ3v) is 2.03. The zero-order valence-electron chi connectivity index (χ0n) is 9.39. The van der Waals surface area contributed by atoms with Crippen LogP contribution in [0.2, 0.25) is 0 Å². The quantitative estimate of drug-likeness (QED) is 0.432. The lowest BCUT2D eigenvalue weighted by atomic mass is 10.2. The molecule has 0 heterocycles. The molecule has 0 saturated heterocycles. The van der Waals surface area contributed by atoms with Gasteiger partial charge in [0.2, 0.25) is 0 Å². The van der Waals surface area contributed by atoms with Crippen LogP contribution >= 0.6 is 0 Å². The van der Waals surface area contributed by atoms with E-state index in [2.05, 4.69) is 6.58 Å². The highest BCUT2D eigenvalue weighted by Crippen LogP contribution is 2.11. The molecular formula is C13H16O3. The summed E-state index contributed by atoms with van der Waals surface area (Å²) in [4.78, 5) is 11.4. The van der Waals surface area contributed by atoms with Crippen LogP contribution in [0, 0.1) is 0 Å². The molecule has 0 radical (unpaired) electrons. The smallest absolute Gasteiger partial charge is 0.426 e. The molecule has 0 saturated carbocycles. The van der Waals surface area contributed by atoms with Gasteiger partial charge in [-0.25, -0.2) is 4.79 Å². The molecule has 0 spiro atoms. The summed E-state index contributed by atoms with van der Waals surface area (Å²) >= 11 is 0. The third-order valence-electron chi connectivity index (χ3n) is 2.03. The van der Waals surface area contributed by atoms with Gasteiger partial charge in [-0.15, -0.1) is 0 Å². The minimum absolute atomic E-state index is 0.277. The zero-order chi connectivity index (χ0) is 11.8. The van der Waals surface area contributed by atoms with Gasteiger partial charge >= 0.3 is 6.16 Å². The number of ether oxygens (including phenoxy) is 2. The second kappa shape index (κ2) is 6.67. The van der Waals surface area contributed by atoms with E-state index in [0.717, 1.165) is 12.8 Å². The summed E-state index contributed by atoms with van der Waals surface area (Å²) in [5.74, 6) is 0.479. The van der Waals surface area contributed by atoms with Gasteiger partial charge in [0.1, 0.15) is 11.9 Å². The highest BCUT2D eigenvalue weighted by molar-refractivity contribution is 5.64. The van der Waals surface area contributed by atoms with Gasteiger partial charge in [0.05, 0.1) is 0 Å². The maximum absolute atomic E-state index is 11.4. The number of carbonyl (C=O) groups excluding carboxylic acids is 1. The van der Waals surface area contributed by atoms with Gasteiger partial charge in [0.25, 0.3) is 0 Å². The third kappa shape index (κ3) is 4.17. The Kier molecular flexibility index (Phi) is 5.12. The molecule has 1 unspecified atom stereocenters. The Labute approximate surface area is 95.7 Å². The lowest BCUT2D eigenvalue weighted by Gasteiger charge is -2.12. The van der Waals surface area contributed by atoms with Crippen LogP contribution in [0.15, 0.2) is 43.0 Å². The standard InChI is InChI=1S/C13H16O3/c1-3-8-11(4-2)15-13(14)16-12-9-6-5-7-10-12/h4-7,9-11H,2-3,8H2,1H3. The molecule has 0 fully saturated rings. The lowest BCUT2D eigenvalue weighted by molar-refractivity contribution is 0.0730. The average molecular weight is 220 g/mol. The summed E-state index contributed by atoms with van der Waals surface area (Å²) in [6, 6.07) is 8.83. The molecule has 1 aromatic carbocycles. The van der Waals surface area contributed by atoms with Crippen LogP contribution < -0.4 is 4.74 Å². The number of rotatable bonds is 5. The minimum Gasteiger partial charge on any atom is -0.426 e. The first kappa shape index (κ1) is 12.3. The largest absolute Gasteiger partial charge is 0.514 e. The molecule has 0 N–H and O–H groups in total. The molecule has 0 amide bonds. The highest BCUT2D eigenvalue weighted by Gasteiger charge is 2.11. The van der Waals surface area contributed by atoms with Crippen molar-refractivity contribution in [3.63, 3.8) is 0 Å². The molecule has 0 aliphatic carbocycles. The van der Waals surface area contributed by atoms with Crippen molar-refractivity contribution in [3.05, 3.63) is 43.0 Å². The first-order chi connectivity index (χ1) is 7.76. The molecule has 16 heavy (non-hydrogen) atoms. The summed E-state index contributed by atoms with van der Waals surface area (Å²) in [5, 5.41) is 0. The molecular weight excluding hydrogens is 204 g/mol. The minimum atomic E-state index is -0.690. The first-order valence-corrected chi connectivity index (χ1v) is 5.32. The summed E-state index contributed by atoms with van der Waals surface area (Å²) in [5.41, 5.74) is 0. The number of para-hydroxylation sites is 1. The number of benzene rings is 1. The van der Waals surface area contributed by atoms with Crippen LogP contribution in [0.4, 0.5) is 4.79 Å². The predicted molar refractivity (Wildman–Crippen MR) is 62.4 cm³/mol. The topological polar surface area (TPSA) is 35.5 Å². The first-order valence-electron chi connectivity index (χ1n) is 5.32. The van der Waals surface area contributed by atoms with E-state index in [-0.39, 0.29) is 6.10 Å². The van der Waals surface area contributed by atoms with E-state index in [9.17, 15) is 4.79 Å².